The van der Waals surface area contributed by atoms with Crippen LogP contribution in [0, 0.1) is 13.8 Å². The molecule has 0 unspecified atom stereocenters. The Labute approximate surface area is 160 Å². The number of aryl methyl sites for hydroxylation is 2. The van der Waals surface area contributed by atoms with Crippen molar-refractivity contribution in [1.82, 2.24) is 14.8 Å². The van der Waals surface area contributed by atoms with E-state index in [0.29, 0.717) is 17.8 Å². The van der Waals surface area contributed by atoms with Gasteiger partial charge in [-0.25, -0.2) is 9.67 Å². The highest BCUT2D eigenvalue weighted by molar-refractivity contribution is 5.85. The summed E-state index contributed by atoms with van der Waals surface area (Å²) >= 11 is 0. The Bertz CT molecular complexity index is 1130. The number of aromatic nitrogens is 3. The molecular formula is C22H18F3N3. The third kappa shape index (κ3) is 3.38. The van der Waals surface area contributed by atoms with Crippen molar-refractivity contribution in [2.45, 2.75) is 26.6 Å². The molecule has 4 aromatic rings. The summed E-state index contributed by atoms with van der Waals surface area (Å²) < 4.78 is 43.0. The highest BCUT2D eigenvalue weighted by Gasteiger charge is 2.35. The van der Waals surface area contributed by atoms with Gasteiger partial charge in [-0.2, -0.15) is 18.3 Å². The van der Waals surface area contributed by atoms with Gasteiger partial charge in [0.2, 0.25) is 0 Å². The quantitative estimate of drug-likeness (QED) is 0.450. The maximum Gasteiger partial charge on any atom is 0.417 e. The molecule has 2 aromatic carbocycles. The summed E-state index contributed by atoms with van der Waals surface area (Å²) in [5.74, 6) is 0. The number of nitrogens with zero attached hydrogens (tertiary/aromatic N) is 3. The zero-order valence-electron chi connectivity index (χ0n) is 15.5. The molecule has 0 bridgehead atoms. The van der Waals surface area contributed by atoms with Crippen molar-refractivity contribution in [3.63, 3.8) is 0 Å². The van der Waals surface area contributed by atoms with Gasteiger partial charge >= 0.3 is 6.18 Å². The van der Waals surface area contributed by atoms with Crippen LogP contribution in [-0.2, 0) is 12.7 Å². The minimum Gasteiger partial charge on any atom is -0.243 e. The first-order valence-electron chi connectivity index (χ1n) is 8.89. The summed E-state index contributed by atoms with van der Waals surface area (Å²) in [6.45, 7) is 3.87. The maximum absolute atomic E-state index is 13.8. The molecule has 6 heteroatoms. The summed E-state index contributed by atoms with van der Waals surface area (Å²) in [6.07, 6.45) is -4.49. The molecule has 0 aliphatic heterocycles. The molecule has 3 nitrogen and oxygen atoms in total. The van der Waals surface area contributed by atoms with Gasteiger partial charge in [-0.05, 0) is 25.5 Å². The number of rotatable bonds is 3. The molecule has 4 rings (SSSR count). The molecule has 142 valence electrons. The van der Waals surface area contributed by atoms with Crippen molar-refractivity contribution >= 4 is 11.0 Å². The zero-order valence-corrected chi connectivity index (χ0v) is 15.5. The first-order chi connectivity index (χ1) is 13.3. The van der Waals surface area contributed by atoms with E-state index in [1.165, 1.54) is 0 Å². The Morgan fingerprint density at radius 2 is 1.61 bits per heavy atom. The Kier molecular flexibility index (Phi) is 4.41. The molecule has 0 saturated heterocycles. The van der Waals surface area contributed by atoms with Crippen LogP contribution >= 0.6 is 0 Å². The van der Waals surface area contributed by atoms with E-state index in [1.54, 1.807) is 23.7 Å². The van der Waals surface area contributed by atoms with Crippen molar-refractivity contribution in [1.29, 1.82) is 0 Å². The predicted octanol–water partition coefficient (Wildman–Crippen LogP) is 5.78. The Balaban J connectivity index is 1.95. The molecular weight excluding hydrogens is 363 g/mol. The molecule has 0 fully saturated rings. The molecule has 0 aliphatic rings. The van der Waals surface area contributed by atoms with Crippen LogP contribution in [0.4, 0.5) is 13.2 Å². The second-order valence-electron chi connectivity index (χ2n) is 6.85. The molecule has 0 aliphatic carbocycles. The van der Waals surface area contributed by atoms with Gasteiger partial charge in [0.1, 0.15) is 0 Å². The Morgan fingerprint density at radius 1 is 0.929 bits per heavy atom. The molecule has 0 N–H and O–H groups in total. The summed E-state index contributed by atoms with van der Waals surface area (Å²) in [4.78, 5) is 4.57. The van der Waals surface area contributed by atoms with Gasteiger partial charge in [0, 0.05) is 5.56 Å². The molecule has 0 radical (unpaired) electrons. The Morgan fingerprint density at radius 3 is 2.25 bits per heavy atom. The van der Waals surface area contributed by atoms with Crippen molar-refractivity contribution in [2.75, 3.05) is 0 Å². The van der Waals surface area contributed by atoms with E-state index < -0.39 is 11.7 Å². The van der Waals surface area contributed by atoms with Crippen LogP contribution < -0.4 is 0 Å². The summed E-state index contributed by atoms with van der Waals surface area (Å²) in [5.41, 5.74) is 2.77. The number of alkyl halides is 3. The first kappa shape index (κ1) is 18.2. The number of hydrogen-bond acceptors (Lipinski definition) is 2. The highest BCUT2D eigenvalue weighted by atomic mass is 19.4. The van der Waals surface area contributed by atoms with E-state index in [0.717, 1.165) is 17.2 Å². The van der Waals surface area contributed by atoms with E-state index in [9.17, 15) is 13.2 Å². The number of pyridine rings is 1. The number of hydrogen-bond donors (Lipinski definition) is 0. The Hall–Kier alpha value is -3.15. The van der Waals surface area contributed by atoms with Crippen LogP contribution in [-0.4, -0.2) is 14.8 Å². The van der Waals surface area contributed by atoms with Gasteiger partial charge in [0.05, 0.1) is 28.9 Å². The second-order valence-corrected chi connectivity index (χ2v) is 6.85. The maximum atomic E-state index is 13.8. The highest BCUT2D eigenvalue weighted by Crippen LogP contribution is 2.38. The lowest BCUT2D eigenvalue weighted by Gasteiger charge is -2.12. The lowest BCUT2D eigenvalue weighted by atomic mass is 10.0. The third-order valence-corrected chi connectivity index (χ3v) is 4.71. The average Bonchev–Trinajstić information content (AvgIpc) is 2.97. The molecule has 0 saturated carbocycles. The minimum absolute atomic E-state index is 0.0549. The standard InChI is InChI=1S/C22H18F3N3/c1-14-8-10-17(11-9-14)19-12-18(22(23,24)25)20-15(2)27-28(21(20)26-19)13-16-6-4-3-5-7-16/h3-12H,13H2,1-2H3. The number of fused-ring (bicyclic) bond motifs is 1. The van der Waals surface area contributed by atoms with Crippen molar-refractivity contribution in [3.8, 4) is 11.3 Å². The molecule has 0 atom stereocenters. The number of halogens is 3. The van der Waals surface area contributed by atoms with Crippen molar-refractivity contribution in [2.24, 2.45) is 0 Å². The normalized spacial score (nSPS) is 11.9. The van der Waals surface area contributed by atoms with E-state index in [-0.39, 0.29) is 16.7 Å². The zero-order chi connectivity index (χ0) is 19.9. The topological polar surface area (TPSA) is 30.7 Å². The second kappa shape index (κ2) is 6.78. The fourth-order valence-electron chi connectivity index (χ4n) is 3.32. The fraction of sp³-hybridized carbons (Fsp3) is 0.182. The molecule has 2 heterocycles. The average molecular weight is 381 g/mol. The van der Waals surface area contributed by atoms with Crippen LogP contribution in [0.1, 0.15) is 22.4 Å². The van der Waals surface area contributed by atoms with Gasteiger partial charge in [0.15, 0.2) is 5.65 Å². The van der Waals surface area contributed by atoms with Crippen LogP contribution in [0.15, 0.2) is 60.7 Å². The first-order valence-corrected chi connectivity index (χ1v) is 8.89. The SMILES string of the molecule is Cc1ccc(-c2cc(C(F)(F)F)c3c(C)nn(Cc4ccccc4)c3n2)cc1. The van der Waals surface area contributed by atoms with E-state index >= 15 is 0 Å². The molecule has 0 spiro atoms. The summed E-state index contributed by atoms with van der Waals surface area (Å²) in [6, 6.07) is 17.9. The monoisotopic (exact) mass is 381 g/mol. The van der Waals surface area contributed by atoms with Crippen LogP contribution in [0.3, 0.4) is 0 Å². The predicted molar refractivity (Wildman–Crippen MR) is 103 cm³/mol. The van der Waals surface area contributed by atoms with E-state index in [2.05, 4.69) is 10.1 Å². The van der Waals surface area contributed by atoms with Crippen LogP contribution in [0.25, 0.3) is 22.3 Å². The largest absolute Gasteiger partial charge is 0.417 e. The number of benzene rings is 2. The van der Waals surface area contributed by atoms with E-state index in [4.69, 9.17) is 0 Å². The molecule has 28 heavy (non-hydrogen) atoms. The van der Waals surface area contributed by atoms with Gasteiger partial charge < -0.3 is 0 Å². The van der Waals surface area contributed by atoms with Gasteiger partial charge in [-0.1, -0.05) is 60.2 Å². The molecule has 2 aromatic heterocycles. The summed E-state index contributed by atoms with van der Waals surface area (Å²) in [5, 5.41) is 4.42. The lowest BCUT2D eigenvalue weighted by molar-refractivity contribution is -0.136. The van der Waals surface area contributed by atoms with Gasteiger partial charge in [-0.3, -0.25) is 0 Å². The van der Waals surface area contributed by atoms with Crippen molar-refractivity contribution < 1.29 is 13.2 Å². The van der Waals surface area contributed by atoms with Gasteiger partial charge in [-0.15, -0.1) is 0 Å². The fourth-order valence-corrected chi connectivity index (χ4v) is 3.32. The van der Waals surface area contributed by atoms with Gasteiger partial charge in [0.25, 0.3) is 0 Å². The molecule has 0 amide bonds. The minimum atomic E-state index is -4.49. The lowest BCUT2D eigenvalue weighted by Crippen LogP contribution is -2.08. The third-order valence-electron chi connectivity index (χ3n) is 4.71. The van der Waals surface area contributed by atoms with Crippen LogP contribution in [0.2, 0.25) is 0 Å². The van der Waals surface area contributed by atoms with E-state index in [1.807, 2.05) is 49.4 Å². The van der Waals surface area contributed by atoms with Crippen molar-refractivity contribution in [3.05, 3.63) is 83.0 Å². The smallest absolute Gasteiger partial charge is 0.243 e. The summed E-state index contributed by atoms with van der Waals surface area (Å²) in [7, 11) is 0. The van der Waals surface area contributed by atoms with Crippen LogP contribution in [0.5, 0.6) is 0 Å².